The minimum absolute atomic E-state index is 0.233. The van der Waals surface area contributed by atoms with E-state index >= 15 is 0 Å². The van der Waals surface area contributed by atoms with Crippen molar-refractivity contribution in [3.8, 4) is 0 Å². The van der Waals surface area contributed by atoms with Crippen LogP contribution in [0, 0.1) is 0 Å². The van der Waals surface area contributed by atoms with Crippen molar-refractivity contribution in [2.45, 2.75) is 6.92 Å². The van der Waals surface area contributed by atoms with Crippen LogP contribution < -0.4 is 10.5 Å². The molecule has 4 heteroatoms. The lowest BCUT2D eigenvalue weighted by atomic mass is 10.3. The van der Waals surface area contributed by atoms with Crippen molar-refractivity contribution >= 4 is 11.0 Å². The molecule has 0 saturated carbocycles. The molecule has 0 aliphatic heterocycles. The number of nitrogens with zero attached hydrogens (tertiary/aromatic N) is 1. The summed E-state index contributed by atoms with van der Waals surface area (Å²) in [5.74, 6) is 0. The highest BCUT2D eigenvalue weighted by Gasteiger charge is 2.04. The van der Waals surface area contributed by atoms with Crippen LogP contribution in [-0.2, 0) is 0 Å². The van der Waals surface area contributed by atoms with E-state index in [1.807, 2.05) is 31.2 Å². The smallest absolute Gasteiger partial charge is 0.359 e. The fourth-order valence-corrected chi connectivity index (χ4v) is 1.29. The van der Waals surface area contributed by atoms with Crippen molar-refractivity contribution in [2.75, 3.05) is 6.61 Å². The summed E-state index contributed by atoms with van der Waals surface area (Å²) in [6, 6.07) is 7.41. The Hall–Kier alpha value is -1.71. The predicted molar refractivity (Wildman–Crippen MR) is 49.7 cm³/mol. The SMILES string of the molecule is CCOn1c(=O)[nH]c2ccccc21. The highest BCUT2D eigenvalue weighted by molar-refractivity contribution is 5.74. The van der Waals surface area contributed by atoms with Crippen LogP contribution in [0.25, 0.3) is 11.0 Å². The van der Waals surface area contributed by atoms with Crippen molar-refractivity contribution in [1.82, 2.24) is 9.71 Å². The van der Waals surface area contributed by atoms with Crippen molar-refractivity contribution in [2.24, 2.45) is 0 Å². The van der Waals surface area contributed by atoms with Crippen molar-refractivity contribution < 1.29 is 4.84 Å². The molecule has 0 atom stereocenters. The van der Waals surface area contributed by atoms with Crippen LogP contribution >= 0.6 is 0 Å². The molecule has 0 amide bonds. The molecule has 0 unspecified atom stereocenters. The number of fused-ring (bicyclic) bond motifs is 1. The number of nitrogens with one attached hydrogen (secondary N) is 1. The normalized spacial score (nSPS) is 10.5. The second-order valence-corrected chi connectivity index (χ2v) is 2.66. The molecule has 4 nitrogen and oxygen atoms in total. The fraction of sp³-hybridized carbons (Fsp3) is 0.222. The summed E-state index contributed by atoms with van der Waals surface area (Å²) in [7, 11) is 0. The summed E-state index contributed by atoms with van der Waals surface area (Å²) < 4.78 is 1.27. The number of para-hydroxylation sites is 2. The lowest BCUT2D eigenvalue weighted by Gasteiger charge is -2.01. The first-order valence-corrected chi connectivity index (χ1v) is 4.16. The Labute approximate surface area is 74.7 Å². The van der Waals surface area contributed by atoms with Gasteiger partial charge in [-0.15, -0.1) is 4.73 Å². The van der Waals surface area contributed by atoms with Crippen LogP contribution in [0.15, 0.2) is 29.1 Å². The molecule has 0 spiro atoms. The second-order valence-electron chi connectivity index (χ2n) is 2.66. The molecule has 1 aromatic carbocycles. The van der Waals surface area contributed by atoms with Gasteiger partial charge < -0.3 is 9.82 Å². The van der Waals surface area contributed by atoms with Crippen LogP contribution in [0.1, 0.15) is 6.92 Å². The number of rotatable bonds is 2. The van der Waals surface area contributed by atoms with Crippen molar-refractivity contribution in [3.05, 3.63) is 34.7 Å². The zero-order chi connectivity index (χ0) is 9.26. The van der Waals surface area contributed by atoms with Gasteiger partial charge in [0.15, 0.2) is 0 Å². The van der Waals surface area contributed by atoms with E-state index in [1.165, 1.54) is 4.73 Å². The fourth-order valence-electron chi connectivity index (χ4n) is 1.29. The first-order chi connectivity index (χ1) is 6.33. The van der Waals surface area contributed by atoms with E-state index in [0.29, 0.717) is 6.61 Å². The first kappa shape index (κ1) is 7.91. The summed E-state index contributed by atoms with van der Waals surface area (Å²) in [6.45, 7) is 2.32. The summed E-state index contributed by atoms with van der Waals surface area (Å²) >= 11 is 0. The molecule has 0 radical (unpaired) electrons. The molecule has 1 heterocycles. The Kier molecular flexibility index (Phi) is 1.81. The van der Waals surface area contributed by atoms with Crippen LogP contribution in [-0.4, -0.2) is 16.3 Å². The number of hydrogen-bond donors (Lipinski definition) is 1. The minimum Gasteiger partial charge on any atom is -0.409 e. The maximum absolute atomic E-state index is 11.3. The van der Waals surface area contributed by atoms with Gasteiger partial charge in [-0.1, -0.05) is 12.1 Å². The molecule has 1 N–H and O–H groups in total. The van der Waals surface area contributed by atoms with Crippen molar-refractivity contribution in [1.29, 1.82) is 0 Å². The van der Waals surface area contributed by atoms with Gasteiger partial charge in [0.1, 0.15) is 12.1 Å². The summed E-state index contributed by atoms with van der Waals surface area (Å²) in [5, 5.41) is 0. The standard InChI is InChI=1S/C9H10N2O2/c1-2-13-11-8-6-4-3-5-7(8)10-9(11)12/h3-6H,2H2,1H3,(H,10,12). The third kappa shape index (κ3) is 1.20. The van der Waals surface area contributed by atoms with Gasteiger partial charge in [0.05, 0.1) is 5.52 Å². The van der Waals surface area contributed by atoms with Gasteiger partial charge >= 0.3 is 5.69 Å². The molecular formula is C9H10N2O2. The number of aromatic nitrogens is 2. The van der Waals surface area contributed by atoms with E-state index in [2.05, 4.69) is 4.98 Å². The summed E-state index contributed by atoms with van der Waals surface area (Å²) in [4.78, 5) is 19.2. The van der Waals surface area contributed by atoms with Gasteiger partial charge in [-0.05, 0) is 19.1 Å². The zero-order valence-corrected chi connectivity index (χ0v) is 7.28. The Morgan fingerprint density at radius 2 is 2.23 bits per heavy atom. The van der Waals surface area contributed by atoms with E-state index in [4.69, 9.17) is 4.84 Å². The highest BCUT2D eigenvalue weighted by Crippen LogP contribution is 2.06. The van der Waals surface area contributed by atoms with E-state index in [9.17, 15) is 4.79 Å². The molecule has 13 heavy (non-hydrogen) atoms. The highest BCUT2D eigenvalue weighted by atomic mass is 16.7. The number of H-pyrrole nitrogens is 1. The number of benzene rings is 1. The molecule has 0 aliphatic carbocycles. The summed E-state index contributed by atoms with van der Waals surface area (Å²) in [6.07, 6.45) is 0. The topological polar surface area (TPSA) is 47.0 Å². The maximum atomic E-state index is 11.3. The molecule has 1 aromatic heterocycles. The lowest BCUT2D eigenvalue weighted by Crippen LogP contribution is -2.23. The largest absolute Gasteiger partial charge is 0.409 e. The monoisotopic (exact) mass is 178 g/mol. The van der Waals surface area contributed by atoms with E-state index in [-0.39, 0.29) is 5.69 Å². The van der Waals surface area contributed by atoms with Gasteiger partial charge in [-0.25, -0.2) is 4.79 Å². The van der Waals surface area contributed by atoms with Crippen LogP contribution in [0.3, 0.4) is 0 Å². The molecule has 2 rings (SSSR count). The Morgan fingerprint density at radius 1 is 1.46 bits per heavy atom. The summed E-state index contributed by atoms with van der Waals surface area (Å²) in [5.41, 5.74) is 1.33. The average molecular weight is 178 g/mol. The molecule has 0 aliphatic rings. The molecular weight excluding hydrogens is 168 g/mol. The van der Waals surface area contributed by atoms with Crippen LogP contribution in [0.2, 0.25) is 0 Å². The van der Waals surface area contributed by atoms with Gasteiger partial charge in [-0.2, -0.15) is 0 Å². The van der Waals surface area contributed by atoms with Gasteiger partial charge in [0.2, 0.25) is 0 Å². The lowest BCUT2D eigenvalue weighted by molar-refractivity contribution is 0.123. The third-order valence-electron chi connectivity index (χ3n) is 1.81. The predicted octanol–water partition coefficient (Wildman–Crippen LogP) is 0.778. The minimum atomic E-state index is -0.233. The maximum Gasteiger partial charge on any atom is 0.359 e. The Morgan fingerprint density at radius 3 is 3.00 bits per heavy atom. The van der Waals surface area contributed by atoms with E-state index in [0.717, 1.165) is 11.0 Å². The number of hydrogen-bond acceptors (Lipinski definition) is 2. The molecule has 0 saturated heterocycles. The van der Waals surface area contributed by atoms with E-state index in [1.54, 1.807) is 0 Å². The quantitative estimate of drug-likeness (QED) is 0.738. The zero-order valence-electron chi connectivity index (χ0n) is 7.28. The number of imidazole rings is 1. The molecule has 0 fully saturated rings. The average Bonchev–Trinajstić information content (AvgIpc) is 2.44. The Balaban J connectivity index is 2.71. The van der Waals surface area contributed by atoms with Gasteiger partial charge in [0, 0.05) is 0 Å². The second kappa shape index (κ2) is 2.97. The van der Waals surface area contributed by atoms with Gasteiger partial charge in [-0.3, -0.25) is 0 Å². The Bertz CT molecular complexity index is 470. The molecule has 68 valence electrons. The third-order valence-corrected chi connectivity index (χ3v) is 1.81. The van der Waals surface area contributed by atoms with Crippen molar-refractivity contribution in [3.63, 3.8) is 0 Å². The molecule has 2 aromatic rings. The number of aromatic amines is 1. The van der Waals surface area contributed by atoms with E-state index < -0.39 is 0 Å². The van der Waals surface area contributed by atoms with Crippen LogP contribution in [0.4, 0.5) is 0 Å². The first-order valence-electron chi connectivity index (χ1n) is 4.16. The van der Waals surface area contributed by atoms with Crippen LogP contribution in [0.5, 0.6) is 0 Å². The molecule has 0 bridgehead atoms. The van der Waals surface area contributed by atoms with Gasteiger partial charge in [0.25, 0.3) is 0 Å².